The molecule has 22 heavy (non-hydrogen) atoms. The molecule has 2 rings (SSSR count). The molecule has 0 aliphatic heterocycles. The molecule has 0 bridgehead atoms. The van der Waals surface area contributed by atoms with E-state index in [0.717, 1.165) is 5.56 Å². The van der Waals surface area contributed by atoms with Crippen molar-refractivity contribution in [3.8, 4) is 0 Å². The van der Waals surface area contributed by atoms with Gasteiger partial charge in [-0.1, -0.05) is 30.3 Å². The molecule has 2 aromatic carbocycles. The zero-order chi connectivity index (χ0) is 15.9. The van der Waals surface area contributed by atoms with E-state index in [1.54, 1.807) is 24.3 Å². The van der Waals surface area contributed by atoms with E-state index in [4.69, 9.17) is 0 Å². The Labute approximate surface area is 130 Å². The average molecular weight is 296 g/mol. The molecule has 0 radical (unpaired) electrons. The number of benzene rings is 2. The Balaban J connectivity index is 1.93. The second-order valence-corrected chi connectivity index (χ2v) is 5.42. The van der Waals surface area contributed by atoms with Crippen LogP contribution in [0.25, 0.3) is 0 Å². The number of carbonyl (C=O) groups excluding carboxylic acids is 2. The lowest BCUT2D eigenvalue weighted by Gasteiger charge is -2.09. The SMILES string of the molecule is CC(C)NC(=O)c1ccc(NC(=O)Cc2ccccc2)cc1. The Morgan fingerprint density at radius 1 is 0.955 bits per heavy atom. The number of anilines is 1. The summed E-state index contributed by atoms with van der Waals surface area (Å²) in [5, 5.41) is 5.65. The molecular formula is C18H20N2O2. The van der Waals surface area contributed by atoms with Crippen molar-refractivity contribution in [3.05, 3.63) is 65.7 Å². The van der Waals surface area contributed by atoms with Gasteiger partial charge in [0.05, 0.1) is 6.42 Å². The van der Waals surface area contributed by atoms with Gasteiger partial charge in [0.2, 0.25) is 5.91 Å². The van der Waals surface area contributed by atoms with Crippen molar-refractivity contribution in [2.75, 3.05) is 5.32 Å². The van der Waals surface area contributed by atoms with Crippen molar-refractivity contribution in [2.45, 2.75) is 26.3 Å². The summed E-state index contributed by atoms with van der Waals surface area (Å²) in [7, 11) is 0. The summed E-state index contributed by atoms with van der Waals surface area (Å²) in [6.07, 6.45) is 0.330. The van der Waals surface area contributed by atoms with Gasteiger partial charge < -0.3 is 10.6 Å². The number of nitrogens with one attached hydrogen (secondary N) is 2. The Kier molecular flexibility index (Phi) is 5.31. The predicted molar refractivity (Wildman–Crippen MR) is 87.8 cm³/mol. The van der Waals surface area contributed by atoms with Gasteiger partial charge in [-0.2, -0.15) is 0 Å². The van der Waals surface area contributed by atoms with E-state index in [9.17, 15) is 9.59 Å². The molecule has 114 valence electrons. The zero-order valence-corrected chi connectivity index (χ0v) is 12.8. The minimum absolute atomic E-state index is 0.0782. The van der Waals surface area contributed by atoms with Gasteiger partial charge in [0, 0.05) is 17.3 Å². The molecule has 0 saturated carbocycles. The summed E-state index contributed by atoms with van der Waals surface area (Å²) < 4.78 is 0. The molecule has 0 atom stereocenters. The number of carbonyl (C=O) groups is 2. The Bertz CT molecular complexity index is 634. The highest BCUT2D eigenvalue weighted by Gasteiger charge is 2.08. The van der Waals surface area contributed by atoms with Gasteiger partial charge in [-0.3, -0.25) is 9.59 Å². The summed E-state index contributed by atoms with van der Waals surface area (Å²) in [6, 6.07) is 16.5. The maximum absolute atomic E-state index is 12.0. The van der Waals surface area contributed by atoms with E-state index in [1.165, 1.54) is 0 Å². The number of hydrogen-bond acceptors (Lipinski definition) is 2. The van der Waals surface area contributed by atoms with E-state index >= 15 is 0 Å². The lowest BCUT2D eigenvalue weighted by molar-refractivity contribution is -0.115. The number of rotatable bonds is 5. The van der Waals surface area contributed by atoms with Crippen LogP contribution in [0.3, 0.4) is 0 Å². The Hall–Kier alpha value is -2.62. The van der Waals surface area contributed by atoms with Crippen molar-refractivity contribution in [1.82, 2.24) is 5.32 Å². The molecule has 0 heterocycles. The van der Waals surface area contributed by atoms with Gasteiger partial charge in [-0.05, 0) is 43.7 Å². The van der Waals surface area contributed by atoms with Crippen LogP contribution in [0.15, 0.2) is 54.6 Å². The first kappa shape index (κ1) is 15.8. The summed E-state index contributed by atoms with van der Waals surface area (Å²) in [5.74, 6) is -0.192. The standard InChI is InChI=1S/C18H20N2O2/c1-13(2)19-18(22)15-8-10-16(11-9-15)20-17(21)12-14-6-4-3-5-7-14/h3-11,13H,12H2,1-2H3,(H,19,22)(H,20,21). The lowest BCUT2D eigenvalue weighted by atomic mass is 10.1. The molecule has 0 saturated heterocycles. The van der Waals surface area contributed by atoms with Gasteiger partial charge in [-0.25, -0.2) is 0 Å². The molecule has 4 heteroatoms. The van der Waals surface area contributed by atoms with Gasteiger partial charge in [0.15, 0.2) is 0 Å². The van der Waals surface area contributed by atoms with Gasteiger partial charge in [0.1, 0.15) is 0 Å². The second-order valence-electron chi connectivity index (χ2n) is 5.42. The monoisotopic (exact) mass is 296 g/mol. The molecular weight excluding hydrogens is 276 g/mol. The van der Waals surface area contributed by atoms with E-state index < -0.39 is 0 Å². The summed E-state index contributed by atoms with van der Waals surface area (Å²) in [6.45, 7) is 3.83. The first-order chi connectivity index (χ1) is 10.5. The van der Waals surface area contributed by atoms with E-state index in [2.05, 4.69) is 10.6 Å². The molecule has 0 fully saturated rings. The minimum atomic E-state index is -0.114. The van der Waals surface area contributed by atoms with Gasteiger partial charge in [0.25, 0.3) is 5.91 Å². The zero-order valence-electron chi connectivity index (χ0n) is 12.8. The molecule has 2 aromatic rings. The average Bonchev–Trinajstić information content (AvgIpc) is 2.48. The minimum Gasteiger partial charge on any atom is -0.350 e. The molecule has 2 N–H and O–H groups in total. The molecule has 2 amide bonds. The summed E-state index contributed by atoms with van der Waals surface area (Å²) in [4.78, 5) is 23.8. The summed E-state index contributed by atoms with van der Waals surface area (Å²) in [5.41, 5.74) is 2.23. The maximum atomic E-state index is 12.0. The fourth-order valence-electron chi connectivity index (χ4n) is 2.04. The van der Waals surface area contributed by atoms with Crippen LogP contribution in [-0.4, -0.2) is 17.9 Å². The van der Waals surface area contributed by atoms with Crippen LogP contribution < -0.4 is 10.6 Å². The van der Waals surface area contributed by atoms with Gasteiger partial charge in [-0.15, -0.1) is 0 Å². The fraction of sp³-hybridized carbons (Fsp3) is 0.222. The van der Waals surface area contributed by atoms with Crippen LogP contribution in [0.5, 0.6) is 0 Å². The third-order valence-electron chi connectivity index (χ3n) is 3.06. The third kappa shape index (κ3) is 4.74. The number of hydrogen-bond donors (Lipinski definition) is 2. The van der Waals surface area contributed by atoms with Crippen molar-refractivity contribution in [2.24, 2.45) is 0 Å². The first-order valence-corrected chi connectivity index (χ1v) is 7.29. The van der Waals surface area contributed by atoms with Crippen molar-refractivity contribution in [3.63, 3.8) is 0 Å². The van der Waals surface area contributed by atoms with E-state index in [-0.39, 0.29) is 17.9 Å². The maximum Gasteiger partial charge on any atom is 0.251 e. The van der Waals surface area contributed by atoms with E-state index in [0.29, 0.717) is 17.7 Å². The predicted octanol–water partition coefficient (Wildman–Crippen LogP) is 3.01. The number of amides is 2. The molecule has 0 spiro atoms. The lowest BCUT2D eigenvalue weighted by Crippen LogP contribution is -2.30. The summed E-state index contributed by atoms with van der Waals surface area (Å²) >= 11 is 0. The first-order valence-electron chi connectivity index (χ1n) is 7.29. The van der Waals surface area contributed by atoms with Crippen LogP contribution in [-0.2, 0) is 11.2 Å². The second kappa shape index (κ2) is 7.41. The quantitative estimate of drug-likeness (QED) is 0.891. The Morgan fingerprint density at radius 2 is 1.59 bits per heavy atom. The largest absolute Gasteiger partial charge is 0.350 e. The van der Waals surface area contributed by atoms with Crippen LogP contribution in [0.1, 0.15) is 29.8 Å². The highest BCUT2D eigenvalue weighted by Crippen LogP contribution is 2.11. The third-order valence-corrected chi connectivity index (χ3v) is 3.06. The highest BCUT2D eigenvalue weighted by atomic mass is 16.2. The Morgan fingerprint density at radius 3 is 2.18 bits per heavy atom. The molecule has 0 aromatic heterocycles. The van der Waals surface area contributed by atoms with Crippen LogP contribution >= 0.6 is 0 Å². The van der Waals surface area contributed by atoms with Crippen LogP contribution in [0, 0.1) is 0 Å². The van der Waals surface area contributed by atoms with Crippen molar-refractivity contribution >= 4 is 17.5 Å². The van der Waals surface area contributed by atoms with Crippen LogP contribution in [0.4, 0.5) is 5.69 Å². The van der Waals surface area contributed by atoms with Crippen LogP contribution in [0.2, 0.25) is 0 Å². The fourth-order valence-corrected chi connectivity index (χ4v) is 2.04. The topological polar surface area (TPSA) is 58.2 Å². The molecule has 0 unspecified atom stereocenters. The van der Waals surface area contributed by atoms with Crippen molar-refractivity contribution in [1.29, 1.82) is 0 Å². The van der Waals surface area contributed by atoms with Gasteiger partial charge >= 0.3 is 0 Å². The van der Waals surface area contributed by atoms with Crippen molar-refractivity contribution < 1.29 is 9.59 Å². The highest BCUT2D eigenvalue weighted by molar-refractivity contribution is 5.96. The molecule has 0 aliphatic rings. The molecule has 0 aliphatic carbocycles. The normalized spacial score (nSPS) is 10.3. The van der Waals surface area contributed by atoms with E-state index in [1.807, 2.05) is 44.2 Å². The smallest absolute Gasteiger partial charge is 0.251 e. The molecule has 4 nitrogen and oxygen atoms in total.